The van der Waals surface area contributed by atoms with Crippen LogP contribution in [0, 0.1) is 0 Å². The molecule has 1 rings (SSSR count). The van der Waals surface area contributed by atoms with Crippen LogP contribution in [0.3, 0.4) is 0 Å². The number of ether oxygens (including phenoxy) is 1. The van der Waals surface area contributed by atoms with Crippen molar-refractivity contribution in [3.05, 3.63) is 12.2 Å². The van der Waals surface area contributed by atoms with Crippen molar-refractivity contribution >= 4 is 10.5 Å². The summed E-state index contributed by atoms with van der Waals surface area (Å²) in [5.74, 6) is -0.278. The molecule has 0 bridgehead atoms. The molecule has 0 unspecified atom stereocenters. The molecule has 0 aromatic rings. The second kappa shape index (κ2) is 6.13. The Bertz CT molecular complexity index is 245. The van der Waals surface area contributed by atoms with E-state index in [2.05, 4.69) is 20.8 Å². The summed E-state index contributed by atoms with van der Waals surface area (Å²) >= 11 is 2.96. The molecule has 78 valence electrons. The third-order valence-electron chi connectivity index (χ3n) is 2.07. The molecule has 0 aromatic heterocycles. The number of carbonyl (C=O) groups excluding carboxylic acids is 1. The Morgan fingerprint density at radius 2 is 2.07 bits per heavy atom. The monoisotopic (exact) mass is 233 g/mol. The summed E-state index contributed by atoms with van der Waals surface area (Å²) in [5, 5.41) is 0. The van der Waals surface area contributed by atoms with Gasteiger partial charge in [-0.1, -0.05) is 0 Å². The van der Waals surface area contributed by atoms with Gasteiger partial charge in [-0.2, -0.15) is 0 Å². The number of nitrogens with zero attached hydrogens (tertiary/aromatic N) is 1. The first-order valence-electron chi connectivity index (χ1n) is 4.87. The first-order chi connectivity index (χ1) is 6.74. The minimum atomic E-state index is -0.278. The summed E-state index contributed by atoms with van der Waals surface area (Å²) in [5.41, 5.74) is 0. The van der Waals surface area contributed by atoms with Crippen LogP contribution in [0.2, 0.25) is 0 Å². The van der Waals surface area contributed by atoms with Gasteiger partial charge in [0.25, 0.3) is 0 Å². The maximum atomic E-state index is 11.0. The molecule has 0 radical (unpaired) electrons. The maximum absolute atomic E-state index is 11.0. The summed E-state index contributed by atoms with van der Waals surface area (Å²) in [6.45, 7) is 4.38. The van der Waals surface area contributed by atoms with Crippen LogP contribution in [0.25, 0.3) is 0 Å². The molecular weight excluding hydrogens is 218 g/mol. The Balaban J connectivity index is 2.35. The first kappa shape index (κ1) is 11.6. The second-order valence-corrected chi connectivity index (χ2v) is 3.77. The van der Waals surface area contributed by atoms with Gasteiger partial charge in [0, 0.05) is 0 Å². The van der Waals surface area contributed by atoms with E-state index in [-0.39, 0.29) is 5.97 Å². The van der Waals surface area contributed by atoms with Gasteiger partial charge in [0.15, 0.2) is 0 Å². The van der Waals surface area contributed by atoms with Gasteiger partial charge in [-0.05, 0) is 0 Å². The van der Waals surface area contributed by atoms with E-state index < -0.39 is 0 Å². The van der Waals surface area contributed by atoms with E-state index in [1.54, 1.807) is 13.0 Å². The van der Waals surface area contributed by atoms with E-state index in [0.29, 0.717) is 6.61 Å². The van der Waals surface area contributed by atoms with E-state index in [1.807, 2.05) is 0 Å². The van der Waals surface area contributed by atoms with E-state index in [1.165, 1.54) is 18.9 Å². The molecule has 0 atom stereocenters. The molecule has 4 heteroatoms. The Labute approximate surface area is 92.7 Å². The summed E-state index contributed by atoms with van der Waals surface area (Å²) < 4.78 is 5.81. The molecule has 3 nitrogen and oxygen atoms in total. The minimum absolute atomic E-state index is 0.278. The fraction of sp³-hybridized carbons (Fsp3) is 0.600. The van der Waals surface area contributed by atoms with Crippen LogP contribution in [0.15, 0.2) is 12.2 Å². The van der Waals surface area contributed by atoms with Gasteiger partial charge in [0.05, 0.1) is 0 Å². The van der Waals surface area contributed by atoms with Crippen molar-refractivity contribution in [3.63, 3.8) is 0 Å². The molecule has 1 heterocycles. The van der Waals surface area contributed by atoms with Gasteiger partial charge >= 0.3 is 92.4 Å². The van der Waals surface area contributed by atoms with Gasteiger partial charge in [-0.3, -0.25) is 0 Å². The zero-order chi connectivity index (χ0) is 10.4. The van der Waals surface area contributed by atoms with Crippen LogP contribution in [0.4, 0.5) is 0 Å². The average Bonchev–Trinajstić information content (AvgIpc) is 2.67. The first-order valence-corrected chi connectivity index (χ1v) is 5.51. The molecule has 0 N–H and O–H groups in total. The summed E-state index contributed by atoms with van der Waals surface area (Å²) in [6, 6.07) is 0. The standard InChI is InChI=1S/C10H15NO2.Cr/c1-2-13-10(12)6-5-9-11-7-3-4-8-11;/h5-6H,2-4,7-8H2,1H3;/b6-5+;. The van der Waals surface area contributed by atoms with E-state index in [4.69, 9.17) is 4.74 Å². The SMILES string of the molecule is CCOC(=O)/C=C/[C](=[Cr])N1CCCC1. The average molecular weight is 233 g/mol. The van der Waals surface area contributed by atoms with Crippen molar-refractivity contribution in [1.29, 1.82) is 0 Å². The zero-order valence-corrected chi connectivity index (χ0v) is 9.64. The number of rotatable bonds is 4. The Morgan fingerprint density at radius 1 is 1.43 bits per heavy atom. The molecule has 1 aliphatic heterocycles. The molecule has 0 amide bonds. The quantitative estimate of drug-likeness (QED) is 0.533. The third-order valence-corrected chi connectivity index (χ3v) is 2.68. The molecule has 0 aliphatic carbocycles. The summed E-state index contributed by atoms with van der Waals surface area (Å²) in [6.07, 6.45) is 5.72. The van der Waals surface area contributed by atoms with Gasteiger partial charge in [0.2, 0.25) is 0 Å². The Morgan fingerprint density at radius 3 is 2.64 bits per heavy atom. The van der Waals surface area contributed by atoms with Gasteiger partial charge in [-0.15, -0.1) is 0 Å². The van der Waals surface area contributed by atoms with Gasteiger partial charge in [-0.25, -0.2) is 0 Å². The van der Waals surface area contributed by atoms with Crippen LogP contribution < -0.4 is 0 Å². The molecule has 0 spiro atoms. The van der Waals surface area contributed by atoms with Crippen LogP contribution in [-0.4, -0.2) is 35.1 Å². The molecule has 1 fully saturated rings. The van der Waals surface area contributed by atoms with Crippen LogP contribution in [0.1, 0.15) is 19.8 Å². The number of hydrogen-bond donors (Lipinski definition) is 0. The number of likely N-dealkylation sites (tertiary alicyclic amines) is 1. The second-order valence-electron chi connectivity index (χ2n) is 3.12. The Kier molecular flexibility index (Phi) is 5.10. The molecular formula is C10H15CrNO2. The predicted octanol–water partition coefficient (Wildman–Crippen LogP) is 0.878. The van der Waals surface area contributed by atoms with Crippen molar-refractivity contribution in [2.24, 2.45) is 0 Å². The number of esters is 1. The van der Waals surface area contributed by atoms with E-state index in [0.717, 1.165) is 17.6 Å². The normalized spacial score (nSPS) is 17.5. The fourth-order valence-electron chi connectivity index (χ4n) is 1.37. The number of carbonyl (C=O) groups is 1. The molecule has 1 aliphatic rings. The third kappa shape index (κ3) is 3.75. The summed E-state index contributed by atoms with van der Waals surface area (Å²) in [7, 11) is 0. The zero-order valence-electron chi connectivity index (χ0n) is 8.36. The molecule has 14 heavy (non-hydrogen) atoms. The Hall–Kier alpha value is -0.428. The van der Waals surface area contributed by atoms with Crippen molar-refractivity contribution in [2.75, 3.05) is 19.7 Å². The van der Waals surface area contributed by atoms with Crippen LogP contribution in [-0.2, 0) is 25.4 Å². The van der Waals surface area contributed by atoms with Gasteiger partial charge in [0.1, 0.15) is 0 Å². The van der Waals surface area contributed by atoms with E-state index >= 15 is 0 Å². The topological polar surface area (TPSA) is 29.5 Å². The van der Waals surface area contributed by atoms with Crippen molar-refractivity contribution in [1.82, 2.24) is 4.90 Å². The van der Waals surface area contributed by atoms with Crippen LogP contribution in [0.5, 0.6) is 0 Å². The number of hydrogen-bond acceptors (Lipinski definition) is 3. The predicted molar refractivity (Wildman–Crippen MR) is 51.6 cm³/mol. The van der Waals surface area contributed by atoms with E-state index in [9.17, 15) is 4.79 Å². The fourth-order valence-corrected chi connectivity index (χ4v) is 1.76. The van der Waals surface area contributed by atoms with Gasteiger partial charge < -0.3 is 0 Å². The molecule has 0 saturated carbocycles. The molecule has 0 aromatic carbocycles. The van der Waals surface area contributed by atoms with Crippen molar-refractivity contribution in [2.45, 2.75) is 19.8 Å². The molecule has 1 saturated heterocycles. The summed E-state index contributed by atoms with van der Waals surface area (Å²) in [4.78, 5) is 13.2. The van der Waals surface area contributed by atoms with Crippen molar-refractivity contribution in [3.8, 4) is 0 Å². The van der Waals surface area contributed by atoms with Crippen molar-refractivity contribution < 1.29 is 25.4 Å². The van der Waals surface area contributed by atoms with Crippen LogP contribution >= 0.6 is 0 Å².